The van der Waals surface area contributed by atoms with Gasteiger partial charge in [0.2, 0.25) is 11.8 Å². The minimum Gasteiger partial charge on any atom is -0.378 e. The number of anilines is 1. The minimum atomic E-state index is -0.128. The highest BCUT2D eigenvalue weighted by atomic mass is 16.5. The van der Waals surface area contributed by atoms with E-state index in [-0.39, 0.29) is 18.4 Å². The quantitative estimate of drug-likeness (QED) is 0.837. The minimum absolute atomic E-state index is 0.0653. The molecule has 3 rings (SSSR count). The third-order valence-corrected chi connectivity index (χ3v) is 4.16. The SMILES string of the molecule is O=C(CN1CCCC1=O)NCc1cccnc1N1CCOCC1. The summed E-state index contributed by atoms with van der Waals surface area (Å²) in [6, 6.07) is 3.84. The van der Waals surface area contributed by atoms with Crippen molar-refractivity contribution in [2.75, 3.05) is 44.3 Å². The summed E-state index contributed by atoms with van der Waals surface area (Å²) < 4.78 is 5.37. The van der Waals surface area contributed by atoms with Crippen molar-refractivity contribution in [1.82, 2.24) is 15.2 Å². The highest BCUT2D eigenvalue weighted by Gasteiger charge is 2.22. The van der Waals surface area contributed by atoms with Crippen molar-refractivity contribution in [3.63, 3.8) is 0 Å². The van der Waals surface area contributed by atoms with Gasteiger partial charge in [0.1, 0.15) is 5.82 Å². The van der Waals surface area contributed by atoms with Crippen LogP contribution in [-0.4, -0.2) is 61.1 Å². The zero-order chi connectivity index (χ0) is 16.1. The molecule has 3 heterocycles. The van der Waals surface area contributed by atoms with Crippen LogP contribution in [-0.2, 0) is 20.9 Å². The van der Waals surface area contributed by atoms with E-state index in [4.69, 9.17) is 4.74 Å². The second-order valence-electron chi connectivity index (χ2n) is 5.78. The maximum Gasteiger partial charge on any atom is 0.239 e. The van der Waals surface area contributed by atoms with E-state index in [1.54, 1.807) is 11.1 Å². The fourth-order valence-corrected chi connectivity index (χ4v) is 2.92. The van der Waals surface area contributed by atoms with Gasteiger partial charge in [-0.25, -0.2) is 4.98 Å². The molecule has 7 nitrogen and oxygen atoms in total. The summed E-state index contributed by atoms with van der Waals surface area (Å²) in [5.74, 6) is 0.834. The van der Waals surface area contributed by atoms with E-state index < -0.39 is 0 Å². The monoisotopic (exact) mass is 318 g/mol. The number of carbonyl (C=O) groups is 2. The van der Waals surface area contributed by atoms with Gasteiger partial charge in [0.05, 0.1) is 19.8 Å². The molecule has 0 aromatic carbocycles. The van der Waals surface area contributed by atoms with Gasteiger partial charge in [-0.2, -0.15) is 0 Å². The van der Waals surface area contributed by atoms with Gasteiger partial charge >= 0.3 is 0 Å². The Hall–Kier alpha value is -2.15. The molecule has 2 amide bonds. The Morgan fingerprint density at radius 2 is 2.13 bits per heavy atom. The Morgan fingerprint density at radius 1 is 1.30 bits per heavy atom. The van der Waals surface area contributed by atoms with Crippen LogP contribution in [0.2, 0.25) is 0 Å². The summed E-state index contributed by atoms with van der Waals surface area (Å²) in [4.78, 5) is 31.8. The molecule has 0 radical (unpaired) electrons. The molecule has 2 fully saturated rings. The number of ether oxygens (including phenoxy) is 1. The Balaban J connectivity index is 1.57. The number of likely N-dealkylation sites (tertiary alicyclic amines) is 1. The average molecular weight is 318 g/mol. The van der Waals surface area contributed by atoms with Crippen molar-refractivity contribution < 1.29 is 14.3 Å². The second kappa shape index (κ2) is 7.41. The number of nitrogens with zero attached hydrogens (tertiary/aromatic N) is 3. The maximum atomic E-state index is 12.0. The van der Waals surface area contributed by atoms with Gasteiger partial charge in [0.25, 0.3) is 0 Å². The molecule has 0 unspecified atom stereocenters. The first kappa shape index (κ1) is 15.7. The predicted molar refractivity (Wildman–Crippen MR) is 84.9 cm³/mol. The summed E-state index contributed by atoms with van der Waals surface area (Å²) in [7, 11) is 0. The predicted octanol–water partition coefficient (Wildman–Crippen LogP) is 0.157. The standard InChI is InChI=1S/C16H22N4O3/c21-14(12-20-6-2-4-15(20)22)18-11-13-3-1-5-17-16(13)19-7-9-23-10-8-19/h1,3,5H,2,4,6-12H2,(H,18,21). The largest absolute Gasteiger partial charge is 0.378 e. The third-order valence-electron chi connectivity index (χ3n) is 4.16. The van der Waals surface area contributed by atoms with Gasteiger partial charge in [-0.1, -0.05) is 6.07 Å². The Morgan fingerprint density at radius 3 is 2.87 bits per heavy atom. The zero-order valence-corrected chi connectivity index (χ0v) is 13.2. The van der Waals surface area contributed by atoms with Crippen LogP contribution in [0.25, 0.3) is 0 Å². The number of hydrogen-bond donors (Lipinski definition) is 1. The summed E-state index contributed by atoms with van der Waals surface area (Å²) in [6.07, 6.45) is 3.16. The highest BCUT2D eigenvalue weighted by Crippen LogP contribution is 2.18. The molecule has 2 aliphatic heterocycles. The van der Waals surface area contributed by atoms with Crippen molar-refractivity contribution in [3.05, 3.63) is 23.9 Å². The van der Waals surface area contributed by atoms with Gasteiger partial charge in [0.15, 0.2) is 0 Å². The lowest BCUT2D eigenvalue weighted by atomic mass is 10.2. The molecular weight excluding hydrogens is 296 g/mol. The molecule has 0 aliphatic carbocycles. The van der Waals surface area contributed by atoms with Crippen molar-refractivity contribution in [2.24, 2.45) is 0 Å². The molecule has 0 bridgehead atoms. The smallest absolute Gasteiger partial charge is 0.239 e. The first-order valence-electron chi connectivity index (χ1n) is 8.05. The molecule has 0 spiro atoms. The first-order valence-corrected chi connectivity index (χ1v) is 8.05. The normalized spacial score (nSPS) is 18.3. The highest BCUT2D eigenvalue weighted by molar-refractivity contribution is 5.85. The molecule has 1 aromatic heterocycles. The molecule has 23 heavy (non-hydrogen) atoms. The molecule has 2 aliphatic rings. The lowest BCUT2D eigenvalue weighted by molar-refractivity contribution is -0.133. The Bertz CT molecular complexity index is 572. The van der Waals surface area contributed by atoms with E-state index in [9.17, 15) is 9.59 Å². The summed E-state index contributed by atoms with van der Waals surface area (Å²) in [6.45, 7) is 4.24. The number of morpholine rings is 1. The van der Waals surface area contributed by atoms with Crippen molar-refractivity contribution in [2.45, 2.75) is 19.4 Å². The zero-order valence-electron chi connectivity index (χ0n) is 13.2. The Labute approximate surface area is 135 Å². The lowest BCUT2D eigenvalue weighted by Gasteiger charge is -2.29. The van der Waals surface area contributed by atoms with E-state index in [0.29, 0.717) is 32.7 Å². The maximum absolute atomic E-state index is 12.0. The third kappa shape index (κ3) is 3.98. The topological polar surface area (TPSA) is 74.8 Å². The number of hydrogen-bond acceptors (Lipinski definition) is 5. The van der Waals surface area contributed by atoms with Crippen LogP contribution in [0.4, 0.5) is 5.82 Å². The number of carbonyl (C=O) groups excluding carboxylic acids is 2. The van der Waals surface area contributed by atoms with E-state index in [1.165, 1.54) is 0 Å². The lowest BCUT2D eigenvalue weighted by Crippen LogP contribution is -2.39. The van der Waals surface area contributed by atoms with E-state index in [1.807, 2.05) is 12.1 Å². The van der Waals surface area contributed by atoms with Crippen LogP contribution >= 0.6 is 0 Å². The molecule has 2 saturated heterocycles. The van der Waals surface area contributed by atoms with Crippen molar-refractivity contribution in [1.29, 1.82) is 0 Å². The van der Waals surface area contributed by atoms with Crippen LogP contribution in [0.3, 0.4) is 0 Å². The summed E-state index contributed by atoms with van der Waals surface area (Å²) >= 11 is 0. The molecule has 124 valence electrons. The van der Waals surface area contributed by atoms with Gasteiger partial charge in [0, 0.05) is 44.4 Å². The fourth-order valence-electron chi connectivity index (χ4n) is 2.92. The van der Waals surface area contributed by atoms with Gasteiger partial charge < -0.3 is 19.9 Å². The number of rotatable bonds is 5. The van der Waals surface area contributed by atoms with Crippen LogP contribution in [0, 0.1) is 0 Å². The molecular formula is C16H22N4O3. The molecule has 0 saturated carbocycles. The second-order valence-corrected chi connectivity index (χ2v) is 5.78. The molecule has 0 atom stereocenters. The summed E-state index contributed by atoms with van der Waals surface area (Å²) in [5, 5.41) is 2.90. The Kier molecular flexibility index (Phi) is 5.07. The number of amides is 2. The van der Waals surface area contributed by atoms with Crippen LogP contribution < -0.4 is 10.2 Å². The van der Waals surface area contributed by atoms with Crippen LogP contribution in [0.15, 0.2) is 18.3 Å². The average Bonchev–Trinajstić information content (AvgIpc) is 2.99. The first-order chi connectivity index (χ1) is 11.2. The number of pyridine rings is 1. The fraction of sp³-hybridized carbons (Fsp3) is 0.562. The summed E-state index contributed by atoms with van der Waals surface area (Å²) in [5.41, 5.74) is 0.982. The molecule has 1 N–H and O–H groups in total. The number of aromatic nitrogens is 1. The van der Waals surface area contributed by atoms with Gasteiger partial charge in [-0.3, -0.25) is 9.59 Å². The van der Waals surface area contributed by atoms with E-state index in [2.05, 4.69) is 15.2 Å². The van der Waals surface area contributed by atoms with Gasteiger partial charge in [-0.05, 0) is 12.5 Å². The molecule has 7 heteroatoms. The van der Waals surface area contributed by atoms with Gasteiger partial charge in [-0.15, -0.1) is 0 Å². The van der Waals surface area contributed by atoms with Crippen LogP contribution in [0.5, 0.6) is 0 Å². The number of nitrogens with one attached hydrogen (secondary N) is 1. The van der Waals surface area contributed by atoms with E-state index in [0.717, 1.165) is 30.9 Å². The van der Waals surface area contributed by atoms with Crippen LogP contribution in [0.1, 0.15) is 18.4 Å². The van der Waals surface area contributed by atoms with Crippen molar-refractivity contribution >= 4 is 17.6 Å². The van der Waals surface area contributed by atoms with Crippen molar-refractivity contribution in [3.8, 4) is 0 Å². The van der Waals surface area contributed by atoms with E-state index >= 15 is 0 Å². The molecule has 1 aromatic rings.